The third-order valence-electron chi connectivity index (χ3n) is 2.78. The van der Waals surface area contributed by atoms with E-state index in [0.29, 0.717) is 17.7 Å². The fourth-order valence-electron chi connectivity index (χ4n) is 1.60. The number of rotatable bonds is 5. The molecular formula is C12H15FN2O. The molecule has 86 valence electrons. The molecule has 1 aromatic carbocycles. The van der Waals surface area contributed by atoms with Gasteiger partial charge in [-0.1, -0.05) is 0 Å². The maximum absolute atomic E-state index is 13.4. The summed E-state index contributed by atoms with van der Waals surface area (Å²) < 4.78 is 13.4. The molecule has 1 aromatic rings. The summed E-state index contributed by atoms with van der Waals surface area (Å²) in [6.07, 6.45) is 2.52. The highest BCUT2D eigenvalue weighted by molar-refractivity contribution is 5.92. The van der Waals surface area contributed by atoms with Crippen LogP contribution in [-0.4, -0.2) is 12.5 Å². The summed E-state index contributed by atoms with van der Waals surface area (Å²) in [5.41, 5.74) is 5.99. The van der Waals surface area contributed by atoms with Crippen LogP contribution in [0.3, 0.4) is 0 Å². The Bertz CT molecular complexity index is 402. The number of hydrogen-bond acceptors (Lipinski definition) is 2. The minimum atomic E-state index is -0.525. The molecule has 4 heteroatoms. The summed E-state index contributed by atoms with van der Waals surface area (Å²) in [4.78, 5) is 10.9. The lowest BCUT2D eigenvalue weighted by Crippen LogP contribution is -2.18. The van der Waals surface area contributed by atoms with E-state index in [1.807, 2.05) is 0 Å². The molecule has 0 bridgehead atoms. The number of nitrogens with one attached hydrogen (secondary N) is 1. The van der Waals surface area contributed by atoms with Crippen molar-refractivity contribution in [3.63, 3.8) is 0 Å². The molecule has 0 saturated heterocycles. The zero-order valence-electron chi connectivity index (χ0n) is 9.00. The number of nitrogens with two attached hydrogens (primary N) is 1. The molecule has 0 unspecified atom stereocenters. The van der Waals surface area contributed by atoms with E-state index >= 15 is 0 Å². The Balaban J connectivity index is 1.99. The van der Waals surface area contributed by atoms with Crippen molar-refractivity contribution in [2.24, 2.45) is 11.7 Å². The van der Waals surface area contributed by atoms with Gasteiger partial charge < -0.3 is 11.1 Å². The van der Waals surface area contributed by atoms with Crippen LogP contribution in [0, 0.1) is 11.7 Å². The van der Waals surface area contributed by atoms with Crippen LogP contribution < -0.4 is 11.1 Å². The molecule has 3 N–H and O–H groups in total. The third-order valence-corrected chi connectivity index (χ3v) is 2.78. The van der Waals surface area contributed by atoms with E-state index in [0.717, 1.165) is 12.5 Å². The quantitative estimate of drug-likeness (QED) is 0.791. The Morgan fingerprint density at radius 2 is 2.25 bits per heavy atom. The summed E-state index contributed by atoms with van der Waals surface area (Å²) in [6, 6.07) is 4.20. The molecule has 1 fully saturated rings. The molecule has 0 atom stereocenters. The predicted octanol–water partition coefficient (Wildman–Crippen LogP) is 1.42. The first-order chi connectivity index (χ1) is 7.66. The molecule has 0 heterocycles. The predicted molar refractivity (Wildman–Crippen MR) is 59.3 cm³/mol. The normalized spacial score (nSPS) is 15.1. The SMILES string of the molecule is NC(=O)c1ccc(F)c(CNCC2CC2)c1. The van der Waals surface area contributed by atoms with Crippen LogP contribution in [0.1, 0.15) is 28.8 Å². The van der Waals surface area contributed by atoms with E-state index in [-0.39, 0.29) is 5.82 Å². The van der Waals surface area contributed by atoms with E-state index < -0.39 is 5.91 Å². The highest BCUT2D eigenvalue weighted by Crippen LogP contribution is 2.27. The first kappa shape index (κ1) is 11.1. The van der Waals surface area contributed by atoms with Gasteiger partial charge in [0, 0.05) is 17.7 Å². The average molecular weight is 222 g/mol. The number of carbonyl (C=O) groups excluding carboxylic acids is 1. The van der Waals surface area contributed by atoms with Crippen LogP contribution in [0.15, 0.2) is 18.2 Å². The fraction of sp³-hybridized carbons (Fsp3) is 0.417. The van der Waals surface area contributed by atoms with Crippen molar-refractivity contribution >= 4 is 5.91 Å². The lowest BCUT2D eigenvalue weighted by molar-refractivity contribution is 0.1000. The Morgan fingerprint density at radius 3 is 2.88 bits per heavy atom. The zero-order valence-corrected chi connectivity index (χ0v) is 9.00. The lowest BCUT2D eigenvalue weighted by atomic mass is 10.1. The van der Waals surface area contributed by atoms with Gasteiger partial charge in [-0.15, -0.1) is 0 Å². The largest absolute Gasteiger partial charge is 0.366 e. The Kier molecular flexibility index (Phi) is 3.19. The Labute approximate surface area is 93.8 Å². The van der Waals surface area contributed by atoms with Gasteiger partial charge in [-0.05, 0) is 43.5 Å². The van der Waals surface area contributed by atoms with Crippen molar-refractivity contribution in [2.75, 3.05) is 6.54 Å². The van der Waals surface area contributed by atoms with Gasteiger partial charge in [-0.2, -0.15) is 0 Å². The molecule has 0 aliphatic heterocycles. The minimum Gasteiger partial charge on any atom is -0.366 e. The molecule has 1 aliphatic carbocycles. The highest BCUT2D eigenvalue weighted by atomic mass is 19.1. The molecule has 0 spiro atoms. The van der Waals surface area contributed by atoms with Crippen LogP contribution in [0.25, 0.3) is 0 Å². The second-order valence-electron chi connectivity index (χ2n) is 4.24. The summed E-state index contributed by atoms with van der Waals surface area (Å²) >= 11 is 0. The third kappa shape index (κ3) is 2.79. The molecule has 3 nitrogen and oxygen atoms in total. The van der Waals surface area contributed by atoms with Crippen molar-refractivity contribution in [3.05, 3.63) is 35.1 Å². The number of benzene rings is 1. The first-order valence-electron chi connectivity index (χ1n) is 5.46. The van der Waals surface area contributed by atoms with Crippen LogP contribution in [0.5, 0.6) is 0 Å². The van der Waals surface area contributed by atoms with Gasteiger partial charge in [0.25, 0.3) is 0 Å². The Morgan fingerprint density at radius 1 is 1.50 bits per heavy atom. The van der Waals surface area contributed by atoms with Crippen LogP contribution in [-0.2, 0) is 6.54 Å². The van der Waals surface area contributed by atoms with Gasteiger partial charge in [-0.25, -0.2) is 4.39 Å². The van der Waals surface area contributed by atoms with Crippen molar-refractivity contribution in [2.45, 2.75) is 19.4 Å². The topological polar surface area (TPSA) is 55.1 Å². The monoisotopic (exact) mass is 222 g/mol. The average Bonchev–Trinajstić information content (AvgIpc) is 3.04. The van der Waals surface area contributed by atoms with E-state index in [4.69, 9.17) is 5.73 Å². The van der Waals surface area contributed by atoms with Gasteiger partial charge in [0.1, 0.15) is 5.82 Å². The standard InChI is InChI=1S/C12H15FN2O/c13-11-4-3-9(12(14)16)5-10(11)7-15-6-8-1-2-8/h3-5,8,15H,1-2,6-7H2,(H2,14,16). The van der Waals surface area contributed by atoms with Gasteiger partial charge in [-0.3, -0.25) is 4.79 Å². The number of carbonyl (C=O) groups is 1. The summed E-state index contributed by atoms with van der Waals surface area (Å²) in [5.74, 6) is -0.0703. The maximum Gasteiger partial charge on any atom is 0.248 e. The van der Waals surface area contributed by atoms with Crippen molar-refractivity contribution in [3.8, 4) is 0 Å². The summed E-state index contributed by atoms with van der Waals surface area (Å²) in [7, 11) is 0. The molecule has 2 rings (SSSR count). The van der Waals surface area contributed by atoms with Gasteiger partial charge >= 0.3 is 0 Å². The van der Waals surface area contributed by atoms with Crippen molar-refractivity contribution in [1.82, 2.24) is 5.32 Å². The van der Waals surface area contributed by atoms with Crippen LogP contribution in [0.4, 0.5) is 4.39 Å². The molecule has 0 aromatic heterocycles. The second kappa shape index (κ2) is 4.61. The summed E-state index contributed by atoms with van der Waals surface area (Å²) in [6.45, 7) is 1.36. The summed E-state index contributed by atoms with van der Waals surface area (Å²) in [5, 5.41) is 3.18. The van der Waals surface area contributed by atoms with E-state index in [9.17, 15) is 9.18 Å². The van der Waals surface area contributed by atoms with Crippen molar-refractivity contribution < 1.29 is 9.18 Å². The number of hydrogen-bond donors (Lipinski definition) is 2. The minimum absolute atomic E-state index is 0.298. The second-order valence-corrected chi connectivity index (χ2v) is 4.24. The number of halogens is 1. The van der Waals surface area contributed by atoms with Gasteiger partial charge in [0.15, 0.2) is 0 Å². The highest BCUT2D eigenvalue weighted by Gasteiger charge is 2.20. The number of primary amides is 1. The van der Waals surface area contributed by atoms with Gasteiger partial charge in [0.2, 0.25) is 5.91 Å². The maximum atomic E-state index is 13.4. The zero-order chi connectivity index (χ0) is 11.5. The fourth-order valence-corrected chi connectivity index (χ4v) is 1.60. The lowest BCUT2D eigenvalue weighted by Gasteiger charge is -2.06. The Hall–Kier alpha value is -1.42. The van der Waals surface area contributed by atoms with E-state index in [1.54, 1.807) is 0 Å². The van der Waals surface area contributed by atoms with Crippen LogP contribution in [0.2, 0.25) is 0 Å². The smallest absolute Gasteiger partial charge is 0.248 e. The van der Waals surface area contributed by atoms with E-state index in [1.165, 1.54) is 31.0 Å². The molecule has 0 radical (unpaired) electrons. The molecule has 1 saturated carbocycles. The van der Waals surface area contributed by atoms with Crippen LogP contribution >= 0.6 is 0 Å². The van der Waals surface area contributed by atoms with E-state index in [2.05, 4.69) is 5.32 Å². The molecule has 1 amide bonds. The van der Waals surface area contributed by atoms with Gasteiger partial charge in [0.05, 0.1) is 0 Å². The van der Waals surface area contributed by atoms with Crippen molar-refractivity contribution in [1.29, 1.82) is 0 Å². The molecular weight excluding hydrogens is 207 g/mol. The first-order valence-corrected chi connectivity index (χ1v) is 5.46. The molecule has 1 aliphatic rings. The molecule has 16 heavy (non-hydrogen) atoms. The number of amides is 1.